The molecule has 4 heteroatoms. The second kappa shape index (κ2) is 1.96. The van der Waals surface area contributed by atoms with Gasteiger partial charge in [-0.15, -0.1) is 0 Å². The number of hydrogen-bond acceptors (Lipinski definition) is 3. The van der Waals surface area contributed by atoms with Gasteiger partial charge in [-0.1, -0.05) is 0 Å². The normalized spacial score (nSPS) is 36.6. The van der Waals surface area contributed by atoms with Crippen LogP contribution in [-0.2, 0) is 4.79 Å². The van der Waals surface area contributed by atoms with E-state index in [0.29, 0.717) is 0 Å². The zero-order valence-electron chi connectivity index (χ0n) is 5.24. The Kier molecular flexibility index (Phi) is 1.38. The number of rotatable bonds is 2. The number of aliphatic hydroxyl groups excluding tert-OH is 1. The van der Waals surface area contributed by atoms with Crippen LogP contribution in [0.3, 0.4) is 0 Å². The van der Waals surface area contributed by atoms with Gasteiger partial charge in [-0.05, 0) is 6.42 Å². The van der Waals surface area contributed by atoms with Crippen molar-refractivity contribution in [2.75, 3.05) is 6.61 Å². The molecule has 0 aliphatic heterocycles. The molecule has 1 aliphatic rings. The number of aliphatic carboxylic acids is 1. The standard InChI is InChI=1S/C6H7NO3/c7-3-6(5(9)10)1-4(6)2-8/h4,8H,1-2H2,(H,9,10)/t4-,6-/m1/s1. The van der Waals surface area contributed by atoms with E-state index >= 15 is 0 Å². The van der Waals surface area contributed by atoms with E-state index in [9.17, 15) is 4.79 Å². The lowest BCUT2D eigenvalue weighted by atomic mass is 10.1. The van der Waals surface area contributed by atoms with Crippen molar-refractivity contribution in [1.82, 2.24) is 0 Å². The van der Waals surface area contributed by atoms with Crippen molar-refractivity contribution in [3.05, 3.63) is 0 Å². The first-order valence-corrected chi connectivity index (χ1v) is 2.93. The fourth-order valence-corrected chi connectivity index (χ4v) is 0.997. The Balaban J connectivity index is 2.70. The van der Waals surface area contributed by atoms with Gasteiger partial charge < -0.3 is 10.2 Å². The molecular formula is C6H7NO3. The number of nitrogens with zero attached hydrogens (tertiary/aromatic N) is 1. The highest BCUT2D eigenvalue weighted by Gasteiger charge is 2.61. The highest BCUT2D eigenvalue weighted by molar-refractivity contribution is 5.82. The van der Waals surface area contributed by atoms with Crippen molar-refractivity contribution in [1.29, 1.82) is 5.26 Å². The number of aliphatic hydroxyl groups is 1. The highest BCUT2D eigenvalue weighted by atomic mass is 16.4. The van der Waals surface area contributed by atoms with Crippen LogP contribution >= 0.6 is 0 Å². The van der Waals surface area contributed by atoms with Crippen LogP contribution in [0.15, 0.2) is 0 Å². The molecule has 2 N–H and O–H groups in total. The lowest BCUT2D eigenvalue weighted by molar-refractivity contribution is -0.141. The molecule has 0 saturated heterocycles. The molecule has 4 nitrogen and oxygen atoms in total. The summed E-state index contributed by atoms with van der Waals surface area (Å²) < 4.78 is 0. The Morgan fingerprint density at radius 1 is 1.90 bits per heavy atom. The van der Waals surface area contributed by atoms with Crippen LogP contribution < -0.4 is 0 Å². The van der Waals surface area contributed by atoms with Gasteiger partial charge >= 0.3 is 5.97 Å². The monoisotopic (exact) mass is 141 g/mol. The van der Waals surface area contributed by atoms with Crippen LogP contribution in [-0.4, -0.2) is 22.8 Å². The van der Waals surface area contributed by atoms with Crippen molar-refractivity contribution < 1.29 is 15.0 Å². The lowest BCUT2D eigenvalue weighted by Crippen LogP contribution is -2.16. The summed E-state index contributed by atoms with van der Waals surface area (Å²) in [5.41, 5.74) is -1.27. The van der Waals surface area contributed by atoms with Crippen molar-refractivity contribution in [2.24, 2.45) is 11.3 Å². The summed E-state index contributed by atoms with van der Waals surface area (Å²) in [5.74, 6) is -1.47. The van der Waals surface area contributed by atoms with Crippen LogP contribution in [0.5, 0.6) is 0 Å². The molecule has 0 aromatic rings. The molecule has 0 radical (unpaired) electrons. The predicted octanol–water partition coefficient (Wildman–Crippen LogP) is -0.407. The summed E-state index contributed by atoms with van der Waals surface area (Å²) in [5, 5.41) is 25.4. The average molecular weight is 141 g/mol. The molecular weight excluding hydrogens is 134 g/mol. The van der Waals surface area contributed by atoms with E-state index in [-0.39, 0.29) is 18.9 Å². The van der Waals surface area contributed by atoms with E-state index < -0.39 is 11.4 Å². The molecule has 54 valence electrons. The Morgan fingerprint density at radius 3 is 2.60 bits per heavy atom. The summed E-state index contributed by atoms with van der Waals surface area (Å²) in [4.78, 5) is 10.4. The molecule has 0 aromatic carbocycles. The van der Waals surface area contributed by atoms with Crippen molar-refractivity contribution in [3.8, 4) is 6.07 Å². The van der Waals surface area contributed by atoms with Gasteiger partial charge in [-0.2, -0.15) is 5.26 Å². The van der Waals surface area contributed by atoms with E-state index in [4.69, 9.17) is 15.5 Å². The van der Waals surface area contributed by atoms with Gasteiger partial charge in [-0.25, -0.2) is 0 Å². The van der Waals surface area contributed by atoms with Crippen LogP contribution in [0, 0.1) is 22.7 Å². The van der Waals surface area contributed by atoms with Crippen molar-refractivity contribution in [2.45, 2.75) is 6.42 Å². The smallest absolute Gasteiger partial charge is 0.324 e. The maximum absolute atomic E-state index is 10.4. The quantitative estimate of drug-likeness (QED) is 0.547. The van der Waals surface area contributed by atoms with Gasteiger partial charge in [0.1, 0.15) is 0 Å². The number of hydrogen-bond donors (Lipinski definition) is 2. The molecule has 0 amide bonds. The molecule has 0 aromatic heterocycles. The first-order chi connectivity index (χ1) is 4.67. The zero-order chi connectivity index (χ0) is 7.78. The Bertz CT molecular complexity index is 208. The van der Waals surface area contributed by atoms with Gasteiger partial charge in [0.2, 0.25) is 0 Å². The number of nitriles is 1. The van der Waals surface area contributed by atoms with Crippen LogP contribution in [0.2, 0.25) is 0 Å². The zero-order valence-corrected chi connectivity index (χ0v) is 5.24. The van der Waals surface area contributed by atoms with Crippen LogP contribution in [0.25, 0.3) is 0 Å². The van der Waals surface area contributed by atoms with Crippen molar-refractivity contribution >= 4 is 5.97 Å². The minimum atomic E-state index is -1.27. The topological polar surface area (TPSA) is 81.3 Å². The molecule has 0 heterocycles. The summed E-state index contributed by atoms with van der Waals surface area (Å²) in [6.07, 6.45) is 0.287. The second-order valence-corrected chi connectivity index (χ2v) is 2.47. The molecule has 0 spiro atoms. The van der Waals surface area contributed by atoms with Gasteiger partial charge in [-0.3, -0.25) is 4.79 Å². The van der Waals surface area contributed by atoms with E-state index in [1.165, 1.54) is 0 Å². The molecule has 1 aliphatic carbocycles. The number of carboxylic acid groups (broad SMARTS) is 1. The maximum atomic E-state index is 10.4. The van der Waals surface area contributed by atoms with Crippen molar-refractivity contribution in [3.63, 3.8) is 0 Å². The van der Waals surface area contributed by atoms with E-state index in [1.807, 2.05) is 0 Å². The van der Waals surface area contributed by atoms with E-state index in [0.717, 1.165) is 0 Å². The fourth-order valence-electron chi connectivity index (χ4n) is 0.997. The highest BCUT2D eigenvalue weighted by Crippen LogP contribution is 2.51. The average Bonchev–Trinajstić information content (AvgIpc) is 2.62. The number of carboxylic acids is 1. The Labute approximate surface area is 57.7 Å². The van der Waals surface area contributed by atoms with E-state index in [2.05, 4.69) is 0 Å². The third-order valence-corrected chi connectivity index (χ3v) is 1.91. The van der Waals surface area contributed by atoms with E-state index in [1.54, 1.807) is 6.07 Å². The SMILES string of the molecule is N#C[C@]1(C(=O)O)C[C@@H]1CO. The minimum Gasteiger partial charge on any atom is -0.480 e. The Hall–Kier alpha value is -1.08. The minimum absolute atomic E-state index is 0.208. The van der Waals surface area contributed by atoms with Gasteiger partial charge in [0, 0.05) is 12.5 Å². The first kappa shape index (κ1) is 7.03. The second-order valence-electron chi connectivity index (χ2n) is 2.47. The number of carbonyl (C=O) groups is 1. The molecule has 1 rings (SSSR count). The molecule has 10 heavy (non-hydrogen) atoms. The Morgan fingerprint density at radius 2 is 2.50 bits per heavy atom. The third kappa shape index (κ3) is 0.677. The largest absolute Gasteiger partial charge is 0.480 e. The van der Waals surface area contributed by atoms with Gasteiger partial charge in [0.05, 0.1) is 6.07 Å². The molecule has 1 saturated carbocycles. The summed E-state index contributed by atoms with van der Waals surface area (Å²) >= 11 is 0. The van der Waals surface area contributed by atoms with Gasteiger partial charge in [0.25, 0.3) is 0 Å². The molecule has 0 unspecified atom stereocenters. The first-order valence-electron chi connectivity index (χ1n) is 2.93. The summed E-state index contributed by atoms with van der Waals surface area (Å²) in [6.45, 7) is -0.208. The van der Waals surface area contributed by atoms with Gasteiger partial charge in [0.15, 0.2) is 5.41 Å². The van der Waals surface area contributed by atoms with Crippen LogP contribution in [0.4, 0.5) is 0 Å². The summed E-state index contributed by atoms with van der Waals surface area (Å²) in [6, 6.07) is 1.69. The molecule has 1 fully saturated rings. The fraction of sp³-hybridized carbons (Fsp3) is 0.667. The van der Waals surface area contributed by atoms with Crippen LogP contribution in [0.1, 0.15) is 6.42 Å². The predicted molar refractivity (Wildman–Crippen MR) is 30.9 cm³/mol. The maximum Gasteiger partial charge on any atom is 0.324 e. The summed E-state index contributed by atoms with van der Waals surface area (Å²) in [7, 11) is 0. The molecule has 2 atom stereocenters. The lowest BCUT2D eigenvalue weighted by Gasteiger charge is -1.96. The molecule has 0 bridgehead atoms. The third-order valence-electron chi connectivity index (χ3n) is 1.91.